The van der Waals surface area contributed by atoms with Crippen molar-refractivity contribution in [2.75, 3.05) is 6.54 Å². The van der Waals surface area contributed by atoms with Gasteiger partial charge in [0, 0.05) is 17.5 Å². The first-order chi connectivity index (χ1) is 8.81. The molecule has 4 nitrogen and oxygen atoms in total. The van der Waals surface area contributed by atoms with Crippen molar-refractivity contribution < 1.29 is 9.32 Å². The summed E-state index contributed by atoms with van der Waals surface area (Å²) in [7, 11) is 0. The third-order valence-corrected chi connectivity index (χ3v) is 4.40. The molecule has 1 amide bonds. The van der Waals surface area contributed by atoms with Crippen molar-refractivity contribution in [1.29, 1.82) is 0 Å². The molecule has 3 rings (SSSR count). The Balaban J connectivity index is 1.92. The number of hydrogen-bond donors (Lipinski definition) is 0. The zero-order chi connectivity index (χ0) is 12.5. The summed E-state index contributed by atoms with van der Waals surface area (Å²) in [4.78, 5) is 15.7. The number of carbonyl (C=O) groups excluding carboxylic acids is 1. The van der Waals surface area contributed by atoms with Gasteiger partial charge in [0.05, 0.1) is 6.04 Å². The van der Waals surface area contributed by atoms with Crippen molar-refractivity contribution in [2.24, 2.45) is 0 Å². The first-order valence-electron chi connectivity index (χ1n) is 6.09. The summed E-state index contributed by atoms with van der Waals surface area (Å²) in [6.45, 7) is 2.87. The van der Waals surface area contributed by atoms with Gasteiger partial charge < -0.3 is 9.42 Å². The van der Waals surface area contributed by atoms with Crippen LogP contribution in [0, 0.1) is 0 Å². The van der Waals surface area contributed by atoms with Crippen LogP contribution in [0.3, 0.4) is 0 Å². The van der Waals surface area contributed by atoms with Crippen LogP contribution in [0.5, 0.6) is 0 Å². The van der Waals surface area contributed by atoms with Crippen molar-refractivity contribution in [2.45, 2.75) is 25.8 Å². The standard InChI is InChI=1S/C13H14N2O2S/c1-2-11-9-5-8-18-12(9)3-6-15(11)13(16)10-4-7-17-14-10/h4-5,7-8,11H,2-3,6H2,1H3. The Morgan fingerprint density at radius 3 is 3.22 bits per heavy atom. The van der Waals surface area contributed by atoms with Crippen LogP contribution in [0.25, 0.3) is 0 Å². The monoisotopic (exact) mass is 262 g/mol. The smallest absolute Gasteiger partial charge is 0.276 e. The van der Waals surface area contributed by atoms with Crippen LogP contribution in [0.2, 0.25) is 0 Å². The fraction of sp³-hybridized carbons (Fsp3) is 0.385. The SMILES string of the molecule is CCC1c2ccsc2CCN1C(=O)c1ccon1. The summed E-state index contributed by atoms with van der Waals surface area (Å²) in [6.07, 6.45) is 3.30. The molecule has 0 saturated carbocycles. The van der Waals surface area contributed by atoms with E-state index < -0.39 is 0 Å². The van der Waals surface area contributed by atoms with Crippen LogP contribution in [0.4, 0.5) is 0 Å². The molecule has 0 bridgehead atoms. The second-order valence-corrected chi connectivity index (χ2v) is 5.36. The predicted octanol–water partition coefficient (Wildman–Crippen LogP) is 2.89. The molecule has 0 spiro atoms. The minimum atomic E-state index is -0.0348. The fourth-order valence-corrected chi connectivity index (χ4v) is 3.48. The Labute approximate surface area is 109 Å². The van der Waals surface area contributed by atoms with Crippen LogP contribution >= 0.6 is 11.3 Å². The normalized spacial score (nSPS) is 18.7. The third-order valence-electron chi connectivity index (χ3n) is 3.40. The van der Waals surface area contributed by atoms with E-state index in [1.54, 1.807) is 17.4 Å². The predicted molar refractivity (Wildman–Crippen MR) is 68.6 cm³/mol. The zero-order valence-corrected chi connectivity index (χ0v) is 10.9. The highest BCUT2D eigenvalue weighted by Gasteiger charge is 2.31. The number of aromatic nitrogens is 1. The van der Waals surface area contributed by atoms with Gasteiger partial charge in [-0.15, -0.1) is 11.3 Å². The van der Waals surface area contributed by atoms with Crippen LogP contribution < -0.4 is 0 Å². The first-order valence-corrected chi connectivity index (χ1v) is 6.97. The average molecular weight is 262 g/mol. The van der Waals surface area contributed by atoms with Gasteiger partial charge in [0.1, 0.15) is 6.26 Å². The van der Waals surface area contributed by atoms with Gasteiger partial charge in [0.15, 0.2) is 5.69 Å². The highest BCUT2D eigenvalue weighted by Crippen LogP contribution is 2.35. The van der Waals surface area contributed by atoms with Gasteiger partial charge >= 0.3 is 0 Å². The summed E-state index contributed by atoms with van der Waals surface area (Å²) in [5, 5.41) is 5.85. The van der Waals surface area contributed by atoms with Crippen molar-refractivity contribution in [1.82, 2.24) is 10.1 Å². The van der Waals surface area contributed by atoms with Crippen molar-refractivity contribution in [3.8, 4) is 0 Å². The third kappa shape index (κ3) is 1.75. The summed E-state index contributed by atoms with van der Waals surface area (Å²) in [6, 6.07) is 3.93. The Kier molecular flexibility index (Phi) is 2.91. The lowest BCUT2D eigenvalue weighted by molar-refractivity contribution is 0.0647. The van der Waals surface area contributed by atoms with Gasteiger partial charge in [-0.25, -0.2) is 0 Å². The van der Waals surface area contributed by atoms with Crippen LogP contribution in [-0.4, -0.2) is 22.5 Å². The lowest BCUT2D eigenvalue weighted by Gasteiger charge is -2.34. The van der Waals surface area contributed by atoms with Gasteiger partial charge in [-0.1, -0.05) is 12.1 Å². The largest absolute Gasteiger partial charge is 0.364 e. The molecule has 3 heterocycles. The molecule has 0 aromatic carbocycles. The van der Waals surface area contributed by atoms with E-state index in [4.69, 9.17) is 4.52 Å². The molecule has 5 heteroatoms. The van der Waals surface area contributed by atoms with E-state index in [9.17, 15) is 4.79 Å². The van der Waals surface area contributed by atoms with Crippen molar-refractivity contribution >= 4 is 17.2 Å². The lowest BCUT2D eigenvalue weighted by atomic mass is 9.97. The van der Waals surface area contributed by atoms with Crippen molar-refractivity contribution in [3.63, 3.8) is 0 Å². The van der Waals surface area contributed by atoms with E-state index in [2.05, 4.69) is 23.5 Å². The van der Waals surface area contributed by atoms with Crippen LogP contribution in [-0.2, 0) is 6.42 Å². The maximum atomic E-state index is 12.4. The number of hydrogen-bond acceptors (Lipinski definition) is 4. The van der Waals surface area contributed by atoms with Gasteiger partial charge in [-0.3, -0.25) is 4.79 Å². The Hall–Kier alpha value is -1.62. The molecule has 1 aliphatic heterocycles. The van der Waals surface area contributed by atoms with Gasteiger partial charge in [0.25, 0.3) is 5.91 Å². The summed E-state index contributed by atoms with van der Waals surface area (Å²) < 4.78 is 4.75. The topological polar surface area (TPSA) is 46.3 Å². The van der Waals surface area contributed by atoms with Crippen LogP contribution in [0.15, 0.2) is 28.3 Å². The fourth-order valence-electron chi connectivity index (χ4n) is 2.55. The molecular weight excluding hydrogens is 248 g/mol. The second kappa shape index (κ2) is 4.57. The second-order valence-electron chi connectivity index (χ2n) is 4.36. The number of amides is 1. The maximum Gasteiger partial charge on any atom is 0.276 e. The molecule has 2 aromatic rings. The molecule has 2 aromatic heterocycles. The van der Waals surface area contributed by atoms with E-state index in [0.717, 1.165) is 19.4 Å². The van der Waals surface area contributed by atoms with Gasteiger partial charge in [0.2, 0.25) is 0 Å². The van der Waals surface area contributed by atoms with E-state index in [1.165, 1.54) is 16.7 Å². The Morgan fingerprint density at radius 1 is 1.61 bits per heavy atom. The molecule has 0 radical (unpaired) electrons. The molecule has 1 unspecified atom stereocenters. The summed E-state index contributed by atoms with van der Waals surface area (Å²) in [5.74, 6) is -0.0348. The minimum Gasteiger partial charge on any atom is -0.364 e. The Bertz CT molecular complexity index is 547. The van der Waals surface area contributed by atoms with Gasteiger partial charge in [-0.2, -0.15) is 0 Å². The summed E-state index contributed by atoms with van der Waals surface area (Å²) >= 11 is 1.78. The van der Waals surface area contributed by atoms with E-state index in [1.807, 2.05) is 4.90 Å². The molecular formula is C13H14N2O2S. The first kappa shape index (κ1) is 11.5. The average Bonchev–Trinajstić information content (AvgIpc) is 3.06. The number of fused-ring (bicyclic) bond motifs is 1. The lowest BCUT2D eigenvalue weighted by Crippen LogP contribution is -2.39. The van der Waals surface area contributed by atoms with Gasteiger partial charge in [-0.05, 0) is 29.9 Å². The van der Waals surface area contributed by atoms with Crippen molar-refractivity contribution in [3.05, 3.63) is 39.9 Å². The number of nitrogens with zero attached hydrogens (tertiary/aromatic N) is 2. The number of carbonyl (C=O) groups is 1. The highest BCUT2D eigenvalue weighted by molar-refractivity contribution is 7.10. The number of thiophene rings is 1. The van der Waals surface area contributed by atoms with E-state index >= 15 is 0 Å². The van der Waals surface area contributed by atoms with Crippen LogP contribution in [0.1, 0.15) is 40.3 Å². The summed E-state index contributed by atoms with van der Waals surface area (Å²) in [5.41, 5.74) is 1.69. The molecule has 0 N–H and O–H groups in total. The van der Waals surface area contributed by atoms with E-state index in [0.29, 0.717) is 5.69 Å². The molecule has 1 atom stereocenters. The highest BCUT2D eigenvalue weighted by atomic mass is 32.1. The number of rotatable bonds is 2. The van der Waals surface area contributed by atoms with E-state index in [-0.39, 0.29) is 11.9 Å². The molecule has 0 aliphatic carbocycles. The molecule has 18 heavy (non-hydrogen) atoms. The Morgan fingerprint density at radius 2 is 2.50 bits per heavy atom. The minimum absolute atomic E-state index is 0.0348. The molecule has 94 valence electrons. The molecule has 0 fully saturated rings. The quantitative estimate of drug-likeness (QED) is 0.836. The molecule has 1 aliphatic rings. The molecule has 0 saturated heterocycles. The zero-order valence-electron chi connectivity index (χ0n) is 10.1. The maximum absolute atomic E-state index is 12.4.